The Kier molecular flexibility index (Phi) is 11.2. The number of primary amides is 1. The van der Waals surface area contributed by atoms with Crippen molar-refractivity contribution in [2.75, 3.05) is 51.6 Å². The molecule has 2 aliphatic heterocycles. The predicted molar refractivity (Wildman–Crippen MR) is 176 cm³/mol. The van der Waals surface area contributed by atoms with Gasteiger partial charge in [0.05, 0.1) is 12.1 Å². The van der Waals surface area contributed by atoms with Crippen molar-refractivity contribution >= 4 is 23.6 Å². The van der Waals surface area contributed by atoms with Gasteiger partial charge in [0.1, 0.15) is 6.10 Å². The van der Waals surface area contributed by atoms with Crippen LogP contribution in [0.5, 0.6) is 0 Å². The molecule has 9 heteroatoms. The van der Waals surface area contributed by atoms with Crippen LogP contribution < -0.4 is 11.1 Å². The zero-order chi connectivity index (χ0) is 31.6. The van der Waals surface area contributed by atoms with Crippen LogP contribution in [0.1, 0.15) is 36.8 Å². The smallest absolute Gasteiger partial charge is 0.411 e. The van der Waals surface area contributed by atoms with Gasteiger partial charge in [-0.2, -0.15) is 0 Å². The third kappa shape index (κ3) is 9.39. The Morgan fingerprint density at radius 3 is 2.13 bits per heavy atom. The predicted octanol–water partition coefficient (Wildman–Crippen LogP) is 4.76. The molecule has 3 amide bonds. The number of nitrogens with two attached hydrogens (primary N) is 1. The molecule has 0 bridgehead atoms. The molecule has 0 aromatic heterocycles. The standard InChI is InChI=1S/C36H45N5O4/c1-39(34(42)25-27-11-13-28(14-12-27)26-41-19-15-30(16-20-41)35(37)43)23-24-40-21-17-31(18-22-40)45-36(44)38-33-10-6-5-9-32(33)29-7-3-2-4-8-29/h2-14,30-31H,15-26H2,1H3,(H2,37,43)(H,38,44). The first-order chi connectivity index (χ1) is 21.8. The number of benzene rings is 3. The molecule has 5 rings (SSSR count). The fourth-order valence-electron chi connectivity index (χ4n) is 6.13. The maximum Gasteiger partial charge on any atom is 0.411 e. The lowest BCUT2D eigenvalue weighted by molar-refractivity contribution is -0.129. The first-order valence-corrected chi connectivity index (χ1v) is 16.0. The van der Waals surface area contributed by atoms with Crippen molar-refractivity contribution in [3.63, 3.8) is 0 Å². The lowest BCUT2D eigenvalue weighted by Crippen LogP contribution is -2.42. The summed E-state index contributed by atoms with van der Waals surface area (Å²) in [7, 11) is 1.86. The van der Waals surface area contributed by atoms with Gasteiger partial charge in [-0.15, -0.1) is 0 Å². The van der Waals surface area contributed by atoms with Gasteiger partial charge >= 0.3 is 6.09 Å². The Hall–Kier alpha value is -4.21. The molecule has 2 heterocycles. The summed E-state index contributed by atoms with van der Waals surface area (Å²) in [6.45, 7) is 5.68. The number of hydrogen-bond donors (Lipinski definition) is 2. The van der Waals surface area contributed by atoms with E-state index in [1.54, 1.807) is 4.90 Å². The number of nitrogens with one attached hydrogen (secondary N) is 1. The van der Waals surface area contributed by atoms with Crippen LogP contribution in [0.25, 0.3) is 11.1 Å². The molecular weight excluding hydrogens is 566 g/mol. The Bertz CT molecular complexity index is 1410. The second-order valence-corrected chi connectivity index (χ2v) is 12.2. The minimum absolute atomic E-state index is 0.000459. The van der Waals surface area contributed by atoms with Gasteiger partial charge in [-0.05, 0) is 61.5 Å². The molecule has 0 atom stereocenters. The summed E-state index contributed by atoms with van der Waals surface area (Å²) in [5.41, 5.74) is 10.4. The van der Waals surface area contributed by atoms with Crippen LogP contribution in [-0.4, -0.2) is 85.0 Å². The second kappa shape index (κ2) is 15.7. The van der Waals surface area contributed by atoms with Crippen LogP contribution in [-0.2, 0) is 27.3 Å². The fourth-order valence-corrected chi connectivity index (χ4v) is 6.13. The lowest BCUT2D eigenvalue weighted by Gasteiger charge is -2.32. The molecule has 2 fully saturated rings. The van der Waals surface area contributed by atoms with Crippen molar-refractivity contribution in [2.24, 2.45) is 11.7 Å². The zero-order valence-electron chi connectivity index (χ0n) is 26.2. The van der Waals surface area contributed by atoms with Crippen LogP contribution in [0.4, 0.5) is 10.5 Å². The molecule has 238 valence electrons. The van der Waals surface area contributed by atoms with E-state index in [2.05, 4.69) is 27.2 Å². The van der Waals surface area contributed by atoms with E-state index in [0.717, 1.165) is 87.3 Å². The summed E-state index contributed by atoms with van der Waals surface area (Å²) in [5.74, 6) is -0.0889. The molecule has 3 aromatic carbocycles. The molecule has 0 spiro atoms. The third-order valence-corrected chi connectivity index (χ3v) is 9.01. The quantitative estimate of drug-likeness (QED) is 0.324. The Morgan fingerprint density at radius 2 is 1.44 bits per heavy atom. The molecular formula is C36H45N5O4. The SMILES string of the molecule is CN(CCN1CCC(OC(=O)Nc2ccccc2-c2ccccc2)CC1)C(=O)Cc1ccc(CN2CCC(C(N)=O)CC2)cc1. The number of likely N-dealkylation sites (N-methyl/N-ethyl adjacent to an activating group) is 1. The van der Waals surface area contributed by atoms with E-state index in [4.69, 9.17) is 10.5 Å². The lowest BCUT2D eigenvalue weighted by atomic mass is 9.96. The van der Waals surface area contributed by atoms with E-state index in [1.165, 1.54) is 5.56 Å². The topological polar surface area (TPSA) is 108 Å². The number of likely N-dealkylation sites (tertiary alicyclic amines) is 2. The van der Waals surface area contributed by atoms with E-state index in [9.17, 15) is 14.4 Å². The molecule has 3 N–H and O–H groups in total. The van der Waals surface area contributed by atoms with Crippen LogP contribution in [0.15, 0.2) is 78.9 Å². The number of ether oxygens (including phenoxy) is 1. The number of piperidine rings is 2. The number of hydrogen-bond acceptors (Lipinski definition) is 6. The first-order valence-electron chi connectivity index (χ1n) is 16.0. The maximum atomic E-state index is 12.9. The Labute approximate surface area is 266 Å². The van der Waals surface area contributed by atoms with Crippen molar-refractivity contribution in [3.8, 4) is 11.1 Å². The van der Waals surface area contributed by atoms with Gasteiger partial charge in [0.15, 0.2) is 0 Å². The van der Waals surface area contributed by atoms with Crippen molar-refractivity contribution in [1.29, 1.82) is 0 Å². The number of carbonyl (C=O) groups is 3. The number of anilines is 1. The van der Waals surface area contributed by atoms with Crippen molar-refractivity contribution in [3.05, 3.63) is 90.0 Å². The van der Waals surface area contributed by atoms with Crippen LogP contribution in [0, 0.1) is 5.92 Å². The number of para-hydroxylation sites is 1. The fraction of sp³-hybridized carbons (Fsp3) is 0.417. The second-order valence-electron chi connectivity index (χ2n) is 12.2. The van der Waals surface area contributed by atoms with E-state index in [-0.39, 0.29) is 23.8 Å². The number of amides is 3. The highest BCUT2D eigenvalue weighted by Gasteiger charge is 2.24. The molecule has 0 saturated carbocycles. The van der Waals surface area contributed by atoms with Crippen molar-refractivity contribution < 1.29 is 19.1 Å². The van der Waals surface area contributed by atoms with Gasteiger partial charge in [-0.25, -0.2) is 4.79 Å². The Balaban J connectivity index is 0.988. The van der Waals surface area contributed by atoms with Gasteiger partial charge in [0.25, 0.3) is 0 Å². The van der Waals surface area contributed by atoms with E-state index >= 15 is 0 Å². The number of rotatable bonds is 11. The summed E-state index contributed by atoms with van der Waals surface area (Å²) in [5, 5.41) is 2.93. The van der Waals surface area contributed by atoms with Crippen LogP contribution >= 0.6 is 0 Å². The minimum Gasteiger partial charge on any atom is -0.446 e. The van der Waals surface area contributed by atoms with Crippen LogP contribution in [0.2, 0.25) is 0 Å². The molecule has 45 heavy (non-hydrogen) atoms. The first kappa shape index (κ1) is 32.2. The highest BCUT2D eigenvalue weighted by Crippen LogP contribution is 2.28. The number of nitrogens with zero attached hydrogens (tertiary/aromatic N) is 3. The van der Waals surface area contributed by atoms with Gasteiger partial charge < -0.3 is 20.3 Å². The summed E-state index contributed by atoms with van der Waals surface area (Å²) >= 11 is 0. The van der Waals surface area contributed by atoms with Gasteiger partial charge in [0.2, 0.25) is 11.8 Å². The molecule has 9 nitrogen and oxygen atoms in total. The largest absolute Gasteiger partial charge is 0.446 e. The molecule has 0 radical (unpaired) electrons. The average Bonchev–Trinajstić information content (AvgIpc) is 3.06. The van der Waals surface area contributed by atoms with E-state index < -0.39 is 6.09 Å². The average molecular weight is 612 g/mol. The van der Waals surface area contributed by atoms with Crippen molar-refractivity contribution in [2.45, 2.75) is 44.8 Å². The maximum absolute atomic E-state index is 12.9. The summed E-state index contributed by atoms with van der Waals surface area (Å²) < 4.78 is 5.77. The number of carbonyl (C=O) groups excluding carboxylic acids is 3. The highest BCUT2D eigenvalue weighted by molar-refractivity contribution is 5.91. The highest BCUT2D eigenvalue weighted by atomic mass is 16.6. The Morgan fingerprint density at radius 1 is 0.822 bits per heavy atom. The molecule has 2 aliphatic rings. The van der Waals surface area contributed by atoms with Gasteiger partial charge in [-0.1, -0.05) is 72.8 Å². The van der Waals surface area contributed by atoms with Gasteiger partial charge in [-0.3, -0.25) is 19.8 Å². The van der Waals surface area contributed by atoms with E-state index in [1.807, 2.05) is 73.8 Å². The summed E-state index contributed by atoms with van der Waals surface area (Å²) in [4.78, 5) is 43.5. The molecule has 2 saturated heterocycles. The van der Waals surface area contributed by atoms with E-state index in [0.29, 0.717) is 13.0 Å². The van der Waals surface area contributed by atoms with Gasteiger partial charge in [0, 0.05) is 51.3 Å². The summed E-state index contributed by atoms with van der Waals surface area (Å²) in [6.07, 6.45) is 2.99. The van der Waals surface area contributed by atoms with Crippen molar-refractivity contribution in [1.82, 2.24) is 14.7 Å². The normalized spacial score (nSPS) is 16.6. The molecule has 0 aliphatic carbocycles. The van der Waals surface area contributed by atoms with Crippen LogP contribution in [0.3, 0.4) is 0 Å². The molecule has 0 unspecified atom stereocenters. The third-order valence-electron chi connectivity index (χ3n) is 9.01. The monoisotopic (exact) mass is 611 g/mol. The zero-order valence-corrected chi connectivity index (χ0v) is 26.2. The molecule has 3 aromatic rings. The minimum atomic E-state index is -0.431. The summed E-state index contributed by atoms with van der Waals surface area (Å²) in [6, 6.07) is 26.0.